The van der Waals surface area contributed by atoms with Crippen LogP contribution in [-0.2, 0) is 0 Å². The van der Waals surface area contributed by atoms with Gasteiger partial charge in [-0.3, -0.25) is 4.79 Å². The van der Waals surface area contributed by atoms with Crippen LogP contribution in [0, 0.1) is 13.8 Å². The number of carbonyl (C=O) groups is 1. The quantitative estimate of drug-likeness (QED) is 0.855. The lowest BCUT2D eigenvalue weighted by Gasteiger charge is -2.31. The van der Waals surface area contributed by atoms with Gasteiger partial charge in [0.15, 0.2) is 5.82 Å². The minimum Gasteiger partial charge on any atom is -0.339 e. The molecule has 3 rings (SSSR count). The topological polar surface area (TPSA) is 59.2 Å². The second kappa shape index (κ2) is 6.43. The standard InChI is InChI=1S/C17H23N3O2S/c1-10(2)16-18-15(19-22-16)13-6-5-7-20(9-13)17(21)14-8-11(3)23-12(14)4/h8,10,13H,5-7,9H2,1-4H3/t13-/m0/s1. The molecule has 124 valence electrons. The molecular formula is C17H23N3O2S. The van der Waals surface area contributed by atoms with E-state index in [-0.39, 0.29) is 17.7 Å². The maximum Gasteiger partial charge on any atom is 0.255 e. The molecule has 3 heterocycles. The molecular weight excluding hydrogens is 310 g/mol. The number of hydrogen-bond acceptors (Lipinski definition) is 5. The molecule has 1 fully saturated rings. The Morgan fingerprint density at radius 1 is 1.43 bits per heavy atom. The number of piperidine rings is 1. The first kappa shape index (κ1) is 16.2. The van der Waals surface area contributed by atoms with Gasteiger partial charge in [-0.25, -0.2) is 0 Å². The van der Waals surface area contributed by atoms with Gasteiger partial charge in [-0.05, 0) is 32.8 Å². The van der Waals surface area contributed by atoms with Gasteiger partial charge in [0.25, 0.3) is 5.91 Å². The number of carbonyl (C=O) groups excluding carboxylic acids is 1. The Balaban J connectivity index is 1.75. The van der Waals surface area contributed by atoms with Crippen LogP contribution in [0.5, 0.6) is 0 Å². The lowest BCUT2D eigenvalue weighted by atomic mass is 9.96. The van der Waals surface area contributed by atoms with Crippen molar-refractivity contribution in [2.75, 3.05) is 13.1 Å². The lowest BCUT2D eigenvalue weighted by Crippen LogP contribution is -2.39. The molecule has 5 nitrogen and oxygen atoms in total. The van der Waals surface area contributed by atoms with Crippen molar-refractivity contribution in [1.29, 1.82) is 0 Å². The van der Waals surface area contributed by atoms with Crippen molar-refractivity contribution < 1.29 is 9.32 Å². The molecule has 1 aliphatic rings. The summed E-state index contributed by atoms with van der Waals surface area (Å²) < 4.78 is 5.32. The number of nitrogens with zero attached hydrogens (tertiary/aromatic N) is 3. The molecule has 0 saturated carbocycles. The largest absolute Gasteiger partial charge is 0.339 e. The Kier molecular flexibility index (Phi) is 4.53. The molecule has 1 amide bonds. The van der Waals surface area contributed by atoms with E-state index in [1.165, 1.54) is 4.88 Å². The first-order chi connectivity index (χ1) is 11.0. The number of aromatic nitrogens is 2. The fraction of sp³-hybridized carbons (Fsp3) is 0.588. The molecule has 0 aliphatic carbocycles. The van der Waals surface area contributed by atoms with E-state index < -0.39 is 0 Å². The molecule has 2 aromatic rings. The molecule has 0 bridgehead atoms. The molecule has 23 heavy (non-hydrogen) atoms. The van der Waals surface area contributed by atoms with Crippen molar-refractivity contribution in [3.8, 4) is 0 Å². The Hall–Kier alpha value is -1.69. The molecule has 2 aromatic heterocycles. The summed E-state index contributed by atoms with van der Waals surface area (Å²) >= 11 is 1.68. The number of hydrogen-bond donors (Lipinski definition) is 0. The van der Waals surface area contributed by atoms with Gasteiger partial charge < -0.3 is 9.42 Å². The summed E-state index contributed by atoms with van der Waals surface area (Å²) in [6, 6.07) is 2.00. The van der Waals surface area contributed by atoms with E-state index in [9.17, 15) is 4.79 Å². The summed E-state index contributed by atoms with van der Waals surface area (Å²) in [6.07, 6.45) is 1.98. The normalized spacial score (nSPS) is 18.7. The van der Waals surface area contributed by atoms with E-state index in [0.29, 0.717) is 12.4 Å². The maximum atomic E-state index is 12.8. The average Bonchev–Trinajstić information content (AvgIpc) is 3.13. The zero-order valence-corrected chi connectivity index (χ0v) is 14.9. The van der Waals surface area contributed by atoms with Gasteiger partial charge in [-0.1, -0.05) is 19.0 Å². The molecule has 1 atom stereocenters. The van der Waals surface area contributed by atoms with Crippen LogP contribution < -0.4 is 0 Å². The Morgan fingerprint density at radius 3 is 2.83 bits per heavy atom. The highest BCUT2D eigenvalue weighted by Crippen LogP contribution is 2.29. The zero-order chi connectivity index (χ0) is 16.6. The van der Waals surface area contributed by atoms with Crippen molar-refractivity contribution in [3.05, 3.63) is 33.1 Å². The van der Waals surface area contributed by atoms with Gasteiger partial charge in [0.05, 0.1) is 5.56 Å². The second-order valence-electron chi connectivity index (χ2n) is 6.56. The van der Waals surface area contributed by atoms with E-state index in [1.807, 2.05) is 38.7 Å². The van der Waals surface area contributed by atoms with Crippen molar-refractivity contribution in [3.63, 3.8) is 0 Å². The molecule has 1 aliphatic heterocycles. The smallest absolute Gasteiger partial charge is 0.255 e. The Bertz CT molecular complexity index is 705. The van der Waals surface area contributed by atoms with Gasteiger partial charge >= 0.3 is 0 Å². The van der Waals surface area contributed by atoms with Gasteiger partial charge in [0, 0.05) is 34.7 Å². The first-order valence-corrected chi connectivity index (χ1v) is 8.97. The van der Waals surface area contributed by atoms with Gasteiger partial charge in [-0.15, -0.1) is 11.3 Å². The fourth-order valence-electron chi connectivity index (χ4n) is 3.03. The summed E-state index contributed by atoms with van der Waals surface area (Å²) in [6.45, 7) is 9.61. The summed E-state index contributed by atoms with van der Waals surface area (Å²) in [7, 11) is 0. The number of aryl methyl sites for hydroxylation is 2. The highest BCUT2D eigenvalue weighted by molar-refractivity contribution is 7.12. The molecule has 0 spiro atoms. The summed E-state index contributed by atoms with van der Waals surface area (Å²) in [5.41, 5.74) is 0.837. The van der Waals surface area contributed by atoms with Crippen molar-refractivity contribution in [1.82, 2.24) is 15.0 Å². The van der Waals surface area contributed by atoms with E-state index in [1.54, 1.807) is 11.3 Å². The Morgan fingerprint density at radius 2 is 2.22 bits per heavy atom. The van der Waals surface area contributed by atoms with Gasteiger partial charge in [0.1, 0.15) is 0 Å². The van der Waals surface area contributed by atoms with Crippen LogP contribution in [0.4, 0.5) is 0 Å². The third-order valence-corrected chi connectivity index (χ3v) is 5.26. The highest BCUT2D eigenvalue weighted by Gasteiger charge is 2.29. The van der Waals surface area contributed by atoms with E-state index >= 15 is 0 Å². The summed E-state index contributed by atoms with van der Waals surface area (Å²) in [5.74, 6) is 1.94. The molecule has 0 unspecified atom stereocenters. The minimum absolute atomic E-state index is 0.129. The number of rotatable bonds is 3. The van der Waals surface area contributed by atoms with Crippen LogP contribution in [0.25, 0.3) is 0 Å². The monoisotopic (exact) mass is 333 g/mol. The lowest BCUT2D eigenvalue weighted by molar-refractivity contribution is 0.0703. The number of likely N-dealkylation sites (tertiary alicyclic amines) is 1. The van der Waals surface area contributed by atoms with Crippen LogP contribution in [0.15, 0.2) is 10.6 Å². The summed E-state index contributed by atoms with van der Waals surface area (Å²) in [5, 5.41) is 4.13. The second-order valence-corrected chi connectivity index (χ2v) is 8.02. The minimum atomic E-state index is 0.129. The van der Waals surface area contributed by atoms with Crippen molar-refractivity contribution >= 4 is 17.2 Å². The molecule has 6 heteroatoms. The third kappa shape index (κ3) is 3.32. The van der Waals surface area contributed by atoms with Crippen LogP contribution in [0.2, 0.25) is 0 Å². The molecule has 0 N–H and O–H groups in total. The van der Waals surface area contributed by atoms with Gasteiger partial charge in [0.2, 0.25) is 5.89 Å². The van der Waals surface area contributed by atoms with Crippen LogP contribution in [0.1, 0.15) is 70.4 Å². The number of thiophene rings is 1. The first-order valence-electron chi connectivity index (χ1n) is 8.15. The molecule has 0 aromatic carbocycles. The average molecular weight is 333 g/mol. The zero-order valence-electron chi connectivity index (χ0n) is 14.1. The third-order valence-electron chi connectivity index (χ3n) is 4.30. The fourth-order valence-corrected chi connectivity index (χ4v) is 3.95. The maximum absolute atomic E-state index is 12.8. The van der Waals surface area contributed by atoms with E-state index in [4.69, 9.17) is 4.52 Å². The van der Waals surface area contributed by atoms with Crippen LogP contribution in [0.3, 0.4) is 0 Å². The number of amides is 1. The molecule has 0 radical (unpaired) electrons. The van der Waals surface area contributed by atoms with Crippen LogP contribution >= 0.6 is 11.3 Å². The SMILES string of the molecule is Cc1cc(C(=O)N2CCC[C@H](c3noc(C(C)C)n3)C2)c(C)s1. The highest BCUT2D eigenvalue weighted by atomic mass is 32.1. The predicted octanol–water partition coefficient (Wildman–Crippen LogP) is 3.89. The summed E-state index contributed by atoms with van der Waals surface area (Å²) in [4.78, 5) is 21.5. The van der Waals surface area contributed by atoms with Crippen LogP contribution in [-0.4, -0.2) is 34.0 Å². The van der Waals surface area contributed by atoms with Gasteiger partial charge in [-0.2, -0.15) is 4.98 Å². The molecule has 1 saturated heterocycles. The van der Waals surface area contributed by atoms with E-state index in [0.717, 1.165) is 35.7 Å². The van der Waals surface area contributed by atoms with E-state index in [2.05, 4.69) is 10.1 Å². The Labute approximate surface area is 140 Å². The predicted molar refractivity (Wildman–Crippen MR) is 90.1 cm³/mol. The van der Waals surface area contributed by atoms with Crippen molar-refractivity contribution in [2.24, 2.45) is 0 Å². The van der Waals surface area contributed by atoms with Crippen molar-refractivity contribution in [2.45, 2.75) is 52.4 Å².